The van der Waals surface area contributed by atoms with Gasteiger partial charge in [0, 0.05) is 32.7 Å². The van der Waals surface area contributed by atoms with Crippen molar-refractivity contribution in [1.82, 2.24) is 4.90 Å². The molecular formula is C11H21N3O. The molecule has 0 spiro atoms. The molecule has 1 aliphatic carbocycles. The van der Waals surface area contributed by atoms with Gasteiger partial charge >= 0.3 is 0 Å². The highest BCUT2D eigenvalue weighted by atomic mass is 16.5. The molecule has 1 saturated carbocycles. The summed E-state index contributed by atoms with van der Waals surface area (Å²) >= 11 is 0. The summed E-state index contributed by atoms with van der Waals surface area (Å²) in [6, 6.07) is 0. The Balaban J connectivity index is 1.81. The number of amidine groups is 1. The van der Waals surface area contributed by atoms with Crippen LogP contribution in [0.4, 0.5) is 0 Å². The van der Waals surface area contributed by atoms with Crippen molar-refractivity contribution in [1.29, 1.82) is 5.41 Å². The zero-order valence-corrected chi connectivity index (χ0v) is 9.30. The Kier molecular flexibility index (Phi) is 3.26. The Labute approximate surface area is 91.3 Å². The minimum absolute atomic E-state index is 0.343. The van der Waals surface area contributed by atoms with E-state index in [0.29, 0.717) is 11.3 Å². The molecule has 1 saturated heterocycles. The van der Waals surface area contributed by atoms with E-state index in [2.05, 4.69) is 4.90 Å². The summed E-state index contributed by atoms with van der Waals surface area (Å²) in [5.74, 6) is 0.346. The van der Waals surface area contributed by atoms with Crippen LogP contribution in [0.5, 0.6) is 0 Å². The van der Waals surface area contributed by atoms with Crippen molar-refractivity contribution < 1.29 is 4.74 Å². The first-order valence-corrected chi connectivity index (χ1v) is 5.83. The van der Waals surface area contributed by atoms with Crippen LogP contribution in [0.2, 0.25) is 0 Å². The van der Waals surface area contributed by atoms with Gasteiger partial charge in [0.25, 0.3) is 0 Å². The van der Waals surface area contributed by atoms with Crippen molar-refractivity contribution in [2.45, 2.75) is 25.7 Å². The van der Waals surface area contributed by atoms with Crippen LogP contribution in [-0.2, 0) is 4.74 Å². The smallest absolute Gasteiger partial charge is 0.0911 e. The minimum Gasteiger partial charge on any atom is -0.388 e. The number of hydrogen-bond donors (Lipinski definition) is 2. The largest absolute Gasteiger partial charge is 0.388 e. The average Bonchev–Trinajstić information content (AvgIpc) is 2.91. The van der Waals surface area contributed by atoms with E-state index in [1.807, 2.05) is 0 Å². The first-order chi connectivity index (χ1) is 7.20. The molecule has 0 amide bonds. The molecule has 86 valence electrons. The van der Waals surface area contributed by atoms with Crippen molar-refractivity contribution >= 4 is 5.84 Å². The third-order valence-corrected chi connectivity index (χ3v) is 3.40. The lowest BCUT2D eigenvalue weighted by molar-refractivity contribution is 0.137. The van der Waals surface area contributed by atoms with Gasteiger partial charge in [-0.2, -0.15) is 0 Å². The minimum atomic E-state index is 0.343. The molecule has 0 aromatic heterocycles. The van der Waals surface area contributed by atoms with E-state index < -0.39 is 0 Å². The SMILES string of the molecule is N=C(N)CC1(CN2CCCOCC2)CC1. The molecule has 1 aliphatic heterocycles. The highest BCUT2D eigenvalue weighted by molar-refractivity contribution is 5.78. The van der Waals surface area contributed by atoms with Crippen LogP contribution in [0, 0.1) is 10.8 Å². The molecule has 0 atom stereocenters. The lowest BCUT2D eigenvalue weighted by Gasteiger charge is -2.25. The molecule has 4 heteroatoms. The van der Waals surface area contributed by atoms with Gasteiger partial charge in [-0.25, -0.2) is 0 Å². The maximum absolute atomic E-state index is 7.39. The molecule has 0 radical (unpaired) electrons. The van der Waals surface area contributed by atoms with Crippen molar-refractivity contribution in [3.63, 3.8) is 0 Å². The van der Waals surface area contributed by atoms with Crippen LogP contribution >= 0.6 is 0 Å². The normalized spacial score (nSPS) is 25.9. The first-order valence-electron chi connectivity index (χ1n) is 5.83. The molecule has 0 unspecified atom stereocenters. The quantitative estimate of drug-likeness (QED) is 0.534. The van der Waals surface area contributed by atoms with Gasteiger partial charge in [0.2, 0.25) is 0 Å². The summed E-state index contributed by atoms with van der Waals surface area (Å²) in [5, 5.41) is 7.39. The lowest BCUT2D eigenvalue weighted by Crippen LogP contribution is -2.34. The van der Waals surface area contributed by atoms with Gasteiger partial charge in [0.05, 0.1) is 12.4 Å². The van der Waals surface area contributed by atoms with Crippen LogP contribution < -0.4 is 5.73 Å². The molecule has 1 heterocycles. The van der Waals surface area contributed by atoms with Crippen LogP contribution in [-0.4, -0.2) is 43.6 Å². The Hall–Kier alpha value is -0.610. The lowest BCUT2D eigenvalue weighted by atomic mass is 10.0. The van der Waals surface area contributed by atoms with E-state index in [1.54, 1.807) is 0 Å². The van der Waals surface area contributed by atoms with Gasteiger partial charge in [0.15, 0.2) is 0 Å². The fraction of sp³-hybridized carbons (Fsp3) is 0.909. The number of ether oxygens (including phenoxy) is 1. The second-order valence-electron chi connectivity index (χ2n) is 4.94. The third kappa shape index (κ3) is 3.18. The highest BCUT2D eigenvalue weighted by Gasteiger charge is 2.44. The van der Waals surface area contributed by atoms with Gasteiger partial charge in [-0.15, -0.1) is 0 Å². The van der Waals surface area contributed by atoms with E-state index in [0.717, 1.165) is 45.7 Å². The maximum Gasteiger partial charge on any atom is 0.0911 e. The van der Waals surface area contributed by atoms with E-state index in [1.165, 1.54) is 12.8 Å². The predicted octanol–water partition coefficient (Wildman–Crippen LogP) is 0.815. The number of rotatable bonds is 4. The van der Waals surface area contributed by atoms with E-state index >= 15 is 0 Å². The van der Waals surface area contributed by atoms with Gasteiger partial charge in [0.1, 0.15) is 0 Å². The molecule has 0 aromatic rings. The van der Waals surface area contributed by atoms with E-state index in [4.69, 9.17) is 15.9 Å². The molecule has 2 fully saturated rings. The number of hydrogen-bond acceptors (Lipinski definition) is 3. The van der Waals surface area contributed by atoms with Gasteiger partial charge in [-0.1, -0.05) is 0 Å². The van der Waals surface area contributed by atoms with Crippen molar-refractivity contribution in [3.05, 3.63) is 0 Å². The summed E-state index contributed by atoms with van der Waals surface area (Å²) in [4.78, 5) is 2.48. The number of nitrogens with two attached hydrogens (primary N) is 1. The fourth-order valence-corrected chi connectivity index (χ4v) is 2.40. The highest BCUT2D eigenvalue weighted by Crippen LogP contribution is 2.49. The maximum atomic E-state index is 7.39. The summed E-state index contributed by atoms with van der Waals surface area (Å²) in [7, 11) is 0. The Morgan fingerprint density at radius 1 is 1.33 bits per heavy atom. The number of nitrogens with one attached hydrogen (secondary N) is 1. The Bertz CT molecular complexity index is 230. The van der Waals surface area contributed by atoms with E-state index in [-0.39, 0.29) is 0 Å². The third-order valence-electron chi connectivity index (χ3n) is 3.40. The second kappa shape index (κ2) is 4.49. The monoisotopic (exact) mass is 211 g/mol. The van der Waals surface area contributed by atoms with Crippen LogP contribution in [0.25, 0.3) is 0 Å². The zero-order valence-electron chi connectivity index (χ0n) is 9.30. The van der Waals surface area contributed by atoms with E-state index in [9.17, 15) is 0 Å². The first kappa shape index (κ1) is 10.9. The van der Waals surface area contributed by atoms with Crippen molar-refractivity contribution in [2.75, 3.05) is 32.8 Å². The van der Waals surface area contributed by atoms with Gasteiger partial charge in [-0.05, 0) is 24.7 Å². The Morgan fingerprint density at radius 2 is 2.13 bits per heavy atom. The predicted molar refractivity (Wildman–Crippen MR) is 60.1 cm³/mol. The fourth-order valence-electron chi connectivity index (χ4n) is 2.40. The van der Waals surface area contributed by atoms with Crippen LogP contribution in [0.1, 0.15) is 25.7 Å². The summed E-state index contributed by atoms with van der Waals surface area (Å²) < 4.78 is 5.43. The van der Waals surface area contributed by atoms with Gasteiger partial charge < -0.3 is 15.4 Å². The molecule has 2 aliphatic rings. The summed E-state index contributed by atoms with van der Waals surface area (Å²) in [6.45, 7) is 5.04. The van der Waals surface area contributed by atoms with Gasteiger partial charge in [-0.3, -0.25) is 5.41 Å². The van der Waals surface area contributed by atoms with Crippen LogP contribution in [0.15, 0.2) is 0 Å². The van der Waals surface area contributed by atoms with Crippen LogP contribution in [0.3, 0.4) is 0 Å². The molecule has 2 rings (SSSR count). The van der Waals surface area contributed by atoms with Crippen molar-refractivity contribution in [3.8, 4) is 0 Å². The summed E-state index contributed by atoms with van der Waals surface area (Å²) in [6.07, 6.45) is 4.40. The standard InChI is InChI=1S/C11H21N3O/c12-10(13)8-11(2-3-11)9-14-4-1-6-15-7-5-14/h1-9H2,(H3,12,13). The Morgan fingerprint density at radius 3 is 2.80 bits per heavy atom. The number of nitrogens with zero attached hydrogens (tertiary/aromatic N) is 1. The molecule has 3 N–H and O–H groups in total. The van der Waals surface area contributed by atoms with Crippen molar-refractivity contribution in [2.24, 2.45) is 11.1 Å². The second-order valence-corrected chi connectivity index (χ2v) is 4.94. The average molecular weight is 211 g/mol. The topological polar surface area (TPSA) is 62.3 Å². The molecular weight excluding hydrogens is 190 g/mol. The molecule has 0 bridgehead atoms. The molecule has 4 nitrogen and oxygen atoms in total. The zero-order chi connectivity index (χ0) is 10.7. The molecule has 15 heavy (non-hydrogen) atoms. The summed E-state index contributed by atoms with van der Waals surface area (Å²) in [5.41, 5.74) is 5.84. The molecule has 0 aromatic carbocycles.